The van der Waals surface area contributed by atoms with Crippen LogP contribution in [0.3, 0.4) is 0 Å². The number of nitrogens with zero attached hydrogens (tertiary/aromatic N) is 1. The fourth-order valence-corrected chi connectivity index (χ4v) is 1.98. The third-order valence-electron chi connectivity index (χ3n) is 3.25. The van der Waals surface area contributed by atoms with Gasteiger partial charge in [-0.15, -0.1) is 0 Å². The monoisotopic (exact) mass is 315 g/mol. The Kier molecular flexibility index (Phi) is 7.98. The number of rotatable bonds is 9. The zero-order valence-electron chi connectivity index (χ0n) is 13.3. The number of hydrogen-bond donors (Lipinski definition) is 0. The first-order valence-electron chi connectivity index (χ1n) is 7.42. The molecule has 0 heterocycles. The molecular formula is C16H23F2NO3. The second kappa shape index (κ2) is 9.48. The molecule has 0 aromatic heterocycles. The largest absolute Gasteiger partial charge is 0.379 e. The van der Waals surface area contributed by atoms with Crippen molar-refractivity contribution in [2.75, 3.05) is 26.4 Å². The number of ether oxygens (including phenoxy) is 2. The van der Waals surface area contributed by atoms with Crippen LogP contribution in [0.1, 0.15) is 26.3 Å². The molecule has 0 aliphatic rings. The van der Waals surface area contributed by atoms with Crippen molar-refractivity contribution >= 4 is 5.91 Å². The van der Waals surface area contributed by atoms with E-state index >= 15 is 0 Å². The standard InChI is InChI=1S/C16H23F2NO3/c1-4-19(11-13-14(17)7-6-8-15(13)18)16(20)12(3)22-10-9-21-5-2/h6-8,12H,4-5,9-11H2,1-3H3. The molecule has 0 N–H and O–H groups in total. The Labute approximate surface area is 130 Å². The highest BCUT2D eigenvalue weighted by Crippen LogP contribution is 2.15. The third-order valence-corrected chi connectivity index (χ3v) is 3.25. The van der Waals surface area contributed by atoms with Gasteiger partial charge in [0.15, 0.2) is 0 Å². The van der Waals surface area contributed by atoms with Crippen molar-refractivity contribution in [1.29, 1.82) is 0 Å². The Balaban J connectivity index is 2.64. The summed E-state index contributed by atoms with van der Waals surface area (Å²) in [5, 5.41) is 0. The number of carbonyl (C=O) groups is 1. The van der Waals surface area contributed by atoms with E-state index in [2.05, 4.69) is 0 Å². The molecule has 1 rings (SSSR count). The molecular weight excluding hydrogens is 292 g/mol. The van der Waals surface area contributed by atoms with Crippen LogP contribution < -0.4 is 0 Å². The smallest absolute Gasteiger partial charge is 0.251 e. The van der Waals surface area contributed by atoms with Crippen LogP contribution in [-0.4, -0.2) is 43.3 Å². The molecule has 0 fully saturated rings. The zero-order chi connectivity index (χ0) is 16.5. The van der Waals surface area contributed by atoms with E-state index in [-0.39, 0.29) is 18.0 Å². The quantitative estimate of drug-likeness (QED) is 0.658. The van der Waals surface area contributed by atoms with E-state index in [4.69, 9.17) is 9.47 Å². The van der Waals surface area contributed by atoms with Gasteiger partial charge in [0.2, 0.25) is 0 Å². The van der Waals surface area contributed by atoms with E-state index in [0.717, 1.165) is 0 Å². The summed E-state index contributed by atoms with van der Waals surface area (Å²) in [5.74, 6) is -1.62. The van der Waals surface area contributed by atoms with Gasteiger partial charge in [0.1, 0.15) is 17.7 Å². The average Bonchev–Trinajstić information content (AvgIpc) is 2.50. The van der Waals surface area contributed by atoms with Gasteiger partial charge in [-0.05, 0) is 32.9 Å². The van der Waals surface area contributed by atoms with Crippen molar-refractivity contribution in [3.8, 4) is 0 Å². The highest BCUT2D eigenvalue weighted by atomic mass is 19.1. The lowest BCUT2D eigenvalue weighted by Crippen LogP contribution is -2.39. The van der Waals surface area contributed by atoms with E-state index in [1.54, 1.807) is 13.8 Å². The average molecular weight is 315 g/mol. The van der Waals surface area contributed by atoms with Gasteiger partial charge in [0, 0.05) is 18.7 Å². The van der Waals surface area contributed by atoms with Gasteiger partial charge in [-0.3, -0.25) is 4.79 Å². The Bertz CT molecular complexity index is 462. The summed E-state index contributed by atoms with van der Waals surface area (Å²) in [6, 6.07) is 3.66. The van der Waals surface area contributed by atoms with E-state index in [0.29, 0.717) is 26.4 Å². The van der Waals surface area contributed by atoms with Crippen LogP contribution in [0.5, 0.6) is 0 Å². The van der Waals surface area contributed by atoms with Gasteiger partial charge in [-0.1, -0.05) is 6.07 Å². The molecule has 0 bridgehead atoms. The number of carbonyl (C=O) groups excluding carboxylic acids is 1. The van der Waals surface area contributed by atoms with Gasteiger partial charge in [-0.2, -0.15) is 0 Å². The van der Waals surface area contributed by atoms with Crippen molar-refractivity contribution < 1.29 is 23.0 Å². The van der Waals surface area contributed by atoms with Crippen molar-refractivity contribution in [3.05, 3.63) is 35.4 Å². The van der Waals surface area contributed by atoms with Crippen LogP contribution in [0, 0.1) is 11.6 Å². The molecule has 0 saturated carbocycles. The summed E-state index contributed by atoms with van der Waals surface area (Å²) in [5.41, 5.74) is -0.112. The van der Waals surface area contributed by atoms with E-state index in [9.17, 15) is 13.6 Å². The molecule has 124 valence electrons. The maximum atomic E-state index is 13.7. The molecule has 0 aliphatic heterocycles. The summed E-state index contributed by atoms with van der Waals surface area (Å²) >= 11 is 0. The number of likely N-dealkylation sites (N-methyl/N-ethyl adjacent to an activating group) is 1. The molecule has 22 heavy (non-hydrogen) atoms. The number of benzene rings is 1. The summed E-state index contributed by atoms with van der Waals surface area (Å²) < 4.78 is 37.9. The van der Waals surface area contributed by atoms with Crippen LogP contribution in [0.25, 0.3) is 0 Å². The molecule has 0 aliphatic carbocycles. The molecule has 1 aromatic carbocycles. The molecule has 6 heteroatoms. The van der Waals surface area contributed by atoms with E-state index < -0.39 is 17.7 Å². The highest BCUT2D eigenvalue weighted by molar-refractivity contribution is 5.80. The maximum Gasteiger partial charge on any atom is 0.251 e. The molecule has 0 spiro atoms. The number of halogens is 2. The van der Waals surface area contributed by atoms with Gasteiger partial charge >= 0.3 is 0 Å². The fraction of sp³-hybridized carbons (Fsp3) is 0.562. The second-order valence-corrected chi connectivity index (χ2v) is 4.76. The molecule has 1 unspecified atom stereocenters. The topological polar surface area (TPSA) is 38.8 Å². The first-order chi connectivity index (χ1) is 10.5. The van der Waals surface area contributed by atoms with Crippen molar-refractivity contribution in [2.24, 2.45) is 0 Å². The van der Waals surface area contributed by atoms with Crippen molar-refractivity contribution in [2.45, 2.75) is 33.4 Å². The first-order valence-corrected chi connectivity index (χ1v) is 7.42. The lowest BCUT2D eigenvalue weighted by Gasteiger charge is -2.25. The highest BCUT2D eigenvalue weighted by Gasteiger charge is 2.22. The van der Waals surface area contributed by atoms with Crippen LogP contribution in [-0.2, 0) is 20.8 Å². The summed E-state index contributed by atoms with van der Waals surface area (Å²) in [4.78, 5) is 13.6. The lowest BCUT2D eigenvalue weighted by molar-refractivity contribution is -0.144. The minimum Gasteiger partial charge on any atom is -0.379 e. The zero-order valence-corrected chi connectivity index (χ0v) is 13.3. The molecule has 0 radical (unpaired) electrons. The van der Waals surface area contributed by atoms with Crippen LogP contribution in [0.15, 0.2) is 18.2 Å². The van der Waals surface area contributed by atoms with Gasteiger partial charge in [0.05, 0.1) is 19.8 Å². The van der Waals surface area contributed by atoms with Crippen LogP contribution in [0.4, 0.5) is 8.78 Å². The Morgan fingerprint density at radius 2 is 1.86 bits per heavy atom. The summed E-state index contributed by atoms with van der Waals surface area (Å²) in [6.45, 7) is 6.75. The Morgan fingerprint density at radius 1 is 1.23 bits per heavy atom. The summed E-state index contributed by atoms with van der Waals surface area (Å²) in [7, 11) is 0. The molecule has 4 nitrogen and oxygen atoms in total. The SMILES string of the molecule is CCOCCOC(C)C(=O)N(CC)Cc1c(F)cccc1F. The predicted molar refractivity (Wildman–Crippen MR) is 79.4 cm³/mol. The Morgan fingerprint density at radius 3 is 2.41 bits per heavy atom. The van der Waals surface area contributed by atoms with Gasteiger partial charge in [-0.25, -0.2) is 8.78 Å². The molecule has 0 saturated heterocycles. The number of hydrogen-bond acceptors (Lipinski definition) is 3. The van der Waals surface area contributed by atoms with Crippen molar-refractivity contribution in [1.82, 2.24) is 4.90 Å². The molecule has 1 amide bonds. The van der Waals surface area contributed by atoms with E-state index in [1.807, 2.05) is 6.92 Å². The molecule has 1 atom stereocenters. The lowest BCUT2D eigenvalue weighted by atomic mass is 10.1. The molecule has 1 aromatic rings. The van der Waals surface area contributed by atoms with Gasteiger partial charge < -0.3 is 14.4 Å². The second-order valence-electron chi connectivity index (χ2n) is 4.76. The minimum atomic E-state index is -0.685. The fourth-order valence-electron chi connectivity index (χ4n) is 1.98. The third kappa shape index (κ3) is 5.35. The number of amides is 1. The van der Waals surface area contributed by atoms with Crippen molar-refractivity contribution in [3.63, 3.8) is 0 Å². The van der Waals surface area contributed by atoms with E-state index in [1.165, 1.54) is 23.1 Å². The van der Waals surface area contributed by atoms with Crippen LogP contribution >= 0.6 is 0 Å². The Hall–Kier alpha value is -1.53. The normalized spacial score (nSPS) is 12.2. The van der Waals surface area contributed by atoms with Crippen LogP contribution in [0.2, 0.25) is 0 Å². The minimum absolute atomic E-state index is 0.112. The maximum absolute atomic E-state index is 13.7. The summed E-state index contributed by atoms with van der Waals surface area (Å²) in [6.07, 6.45) is -0.685. The predicted octanol–water partition coefficient (Wildman–Crippen LogP) is 2.75. The van der Waals surface area contributed by atoms with Gasteiger partial charge in [0.25, 0.3) is 5.91 Å². The first kappa shape index (κ1) is 18.5.